The molecule has 0 radical (unpaired) electrons. The van der Waals surface area contributed by atoms with Crippen LogP contribution in [-0.2, 0) is 4.74 Å². The maximum Gasteiger partial charge on any atom is 0.349 e. The molecule has 15 heavy (non-hydrogen) atoms. The van der Waals surface area contributed by atoms with Gasteiger partial charge in [-0.05, 0) is 19.4 Å². The van der Waals surface area contributed by atoms with Crippen molar-refractivity contribution in [2.75, 3.05) is 12.3 Å². The number of primary amides is 1. The highest BCUT2D eigenvalue weighted by atomic mass is 32.1. The van der Waals surface area contributed by atoms with Crippen molar-refractivity contribution < 1.29 is 14.3 Å². The summed E-state index contributed by atoms with van der Waals surface area (Å²) >= 11 is 1.02. The first-order chi connectivity index (χ1) is 6.99. The molecule has 4 N–H and O–H groups in total. The van der Waals surface area contributed by atoms with Gasteiger partial charge in [-0.15, -0.1) is 11.3 Å². The van der Waals surface area contributed by atoms with Gasteiger partial charge in [0.25, 0.3) is 5.91 Å². The molecule has 82 valence electrons. The van der Waals surface area contributed by atoms with Crippen LogP contribution in [0.25, 0.3) is 0 Å². The van der Waals surface area contributed by atoms with Crippen LogP contribution in [0.2, 0.25) is 0 Å². The Labute approximate surface area is 91.0 Å². The van der Waals surface area contributed by atoms with E-state index in [-0.39, 0.29) is 17.0 Å². The van der Waals surface area contributed by atoms with Gasteiger partial charge in [0.1, 0.15) is 4.88 Å². The van der Waals surface area contributed by atoms with E-state index in [0.717, 1.165) is 11.3 Å². The molecule has 6 heteroatoms. The third-order valence-electron chi connectivity index (χ3n) is 1.89. The number of nitrogens with two attached hydrogens (primary N) is 2. The van der Waals surface area contributed by atoms with Gasteiger partial charge in [-0.1, -0.05) is 0 Å². The lowest BCUT2D eigenvalue weighted by atomic mass is 10.1. The van der Waals surface area contributed by atoms with Crippen LogP contribution in [0.15, 0.2) is 0 Å². The first-order valence-electron chi connectivity index (χ1n) is 4.34. The third-order valence-corrected chi connectivity index (χ3v) is 2.99. The molecule has 0 unspecified atom stereocenters. The highest BCUT2D eigenvalue weighted by molar-refractivity contribution is 7.18. The average molecular weight is 228 g/mol. The molecule has 5 nitrogen and oxygen atoms in total. The van der Waals surface area contributed by atoms with Gasteiger partial charge in [0, 0.05) is 0 Å². The summed E-state index contributed by atoms with van der Waals surface area (Å²) in [4.78, 5) is 22.8. The summed E-state index contributed by atoms with van der Waals surface area (Å²) in [5, 5.41) is 0.409. The number of rotatable bonds is 3. The predicted octanol–water partition coefficient (Wildman–Crippen LogP) is 0.914. The van der Waals surface area contributed by atoms with Crippen molar-refractivity contribution >= 4 is 28.2 Å². The zero-order chi connectivity index (χ0) is 11.6. The van der Waals surface area contributed by atoms with Crippen LogP contribution in [0, 0.1) is 6.92 Å². The van der Waals surface area contributed by atoms with Crippen LogP contribution < -0.4 is 11.5 Å². The SMILES string of the molecule is CCOC(=O)c1sc(N)c(C)c1C(N)=O. The van der Waals surface area contributed by atoms with Crippen LogP contribution >= 0.6 is 11.3 Å². The third kappa shape index (κ3) is 2.10. The molecule has 0 spiro atoms. The maximum atomic E-state index is 11.5. The number of ether oxygens (including phenoxy) is 1. The van der Waals surface area contributed by atoms with Crippen molar-refractivity contribution in [2.24, 2.45) is 5.73 Å². The van der Waals surface area contributed by atoms with E-state index in [1.165, 1.54) is 0 Å². The van der Waals surface area contributed by atoms with E-state index in [1.807, 2.05) is 0 Å². The monoisotopic (exact) mass is 228 g/mol. The predicted molar refractivity (Wildman–Crippen MR) is 57.9 cm³/mol. The normalized spacial score (nSPS) is 10.0. The molecule has 0 saturated carbocycles. The number of nitrogen functional groups attached to an aromatic ring is 1. The molecule has 0 aliphatic rings. The highest BCUT2D eigenvalue weighted by Crippen LogP contribution is 2.30. The zero-order valence-corrected chi connectivity index (χ0v) is 9.31. The fraction of sp³-hybridized carbons (Fsp3) is 0.333. The largest absolute Gasteiger partial charge is 0.462 e. The van der Waals surface area contributed by atoms with Gasteiger partial charge in [0.2, 0.25) is 0 Å². The molecule has 0 aliphatic carbocycles. The number of anilines is 1. The van der Waals surface area contributed by atoms with Gasteiger partial charge in [-0.3, -0.25) is 4.79 Å². The van der Waals surface area contributed by atoms with Crippen molar-refractivity contribution in [1.82, 2.24) is 0 Å². The number of carbonyl (C=O) groups excluding carboxylic acids is 2. The Hall–Kier alpha value is -1.56. The molecule has 1 rings (SSSR count). The molecular formula is C9H12N2O3S. The molecule has 0 aromatic carbocycles. The number of esters is 1. The van der Waals surface area contributed by atoms with Gasteiger partial charge in [0.05, 0.1) is 17.2 Å². The fourth-order valence-corrected chi connectivity index (χ4v) is 2.14. The Kier molecular flexibility index (Phi) is 3.31. The van der Waals surface area contributed by atoms with E-state index >= 15 is 0 Å². The van der Waals surface area contributed by atoms with Crippen molar-refractivity contribution in [3.8, 4) is 0 Å². The van der Waals surface area contributed by atoms with Crippen LogP contribution in [-0.4, -0.2) is 18.5 Å². The second kappa shape index (κ2) is 4.31. The molecule has 1 aromatic heterocycles. The molecule has 0 bridgehead atoms. The highest BCUT2D eigenvalue weighted by Gasteiger charge is 2.23. The van der Waals surface area contributed by atoms with Gasteiger partial charge >= 0.3 is 5.97 Å². The maximum absolute atomic E-state index is 11.5. The van der Waals surface area contributed by atoms with E-state index in [2.05, 4.69) is 0 Å². The lowest BCUT2D eigenvalue weighted by Gasteiger charge is -2.00. The Balaban J connectivity index is 3.23. The minimum absolute atomic E-state index is 0.163. The molecule has 0 atom stereocenters. The summed E-state index contributed by atoms with van der Waals surface area (Å²) in [7, 11) is 0. The number of hydrogen-bond acceptors (Lipinski definition) is 5. The summed E-state index contributed by atoms with van der Waals surface area (Å²) in [5.41, 5.74) is 11.5. The first kappa shape index (κ1) is 11.5. The lowest BCUT2D eigenvalue weighted by molar-refractivity contribution is 0.0529. The Morgan fingerprint density at radius 2 is 2.07 bits per heavy atom. The average Bonchev–Trinajstić information content (AvgIpc) is 2.44. The fourth-order valence-electron chi connectivity index (χ4n) is 1.17. The Bertz CT molecular complexity index is 412. The van der Waals surface area contributed by atoms with Crippen LogP contribution in [0.1, 0.15) is 32.5 Å². The second-order valence-electron chi connectivity index (χ2n) is 2.88. The smallest absolute Gasteiger partial charge is 0.349 e. The lowest BCUT2D eigenvalue weighted by Crippen LogP contribution is -2.16. The zero-order valence-electron chi connectivity index (χ0n) is 8.49. The molecule has 0 saturated heterocycles. The summed E-state index contributed by atoms with van der Waals surface area (Å²) < 4.78 is 4.80. The summed E-state index contributed by atoms with van der Waals surface area (Å²) in [5.74, 6) is -1.22. The van der Waals surface area contributed by atoms with Gasteiger partial charge in [-0.2, -0.15) is 0 Å². The molecule has 1 amide bonds. The van der Waals surface area contributed by atoms with Crippen LogP contribution in [0.4, 0.5) is 5.00 Å². The van der Waals surface area contributed by atoms with E-state index < -0.39 is 11.9 Å². The van der Waals surface area contributed by atoms with Gasteiger partial charge in [-0.25, -0.2) is 4.79 Å². The van der Waals surface area contributed by atoms with E-state index in [4.69, 9.17) is 16.2 Å². The van der Waals surface area contributed by atoms with Crippen LogP contribution in [0.3, 0.4) is 0 Å². The van der Waals surface area contributed by atoms with Crippen molar-refractivity contribution in [3.63, 3.8) is 0 Å². The quantitative estimate of drug-likeness (QED) is 0.752. The number of thiophene rings is 1. The van der Waals surface area contributed by atoms with Crippen LogP contribution in [0.5, 0.6) is 0 Å². The van der Waals surface area contributed by atoms with Crippen molar-refractivity contribution in [2.45, 2.75) is 13.8 Å². The summed E-state index contributed by atoms with van der Waals surface area (Å²) in [6.07, 6.45) is 0. The molecule has 0 aliphatic heterocycles. The topological polar surface area (TPSA) is 95.4 Å². The van der Waals surface area contributed by atoms with E-state index in [9.17, 15) is 9.59 Å². The van der Waals surface area contributed by atoms with Gasteiger partial charge in [0.15, 0.2) is 0 Å². The molecule has 1 heterocycles. The molecule has 0 fully saturated rings. The molecular weight excluding hydrogens is 216 g/mol. The van der Waals surface area contributed by atoms with Crippen molar-refractivity contribution in [1.29, 1.82) is 0 Å². The number of amides is 1. The first-order valence-corrected chi connectivity index (χ1v) is 5.16. The standard InChI is InChI=1S/C9H12N2O3S/c1-3-14-9(13)6-5(7(10)12)4(2)8(11)15-6/h3,11H2,1-2H3,(H2,10,12). The summed E-state index contributed by atoms with van der Waals surface area (Å²) in [6.45, 7) is 3.58. The minimum atomic E-state index is -0.663. The van der Waals surface area contributed by atoms with Crippen molar-refractivity contribution in [3.05, 3.63) is 16.0 Å². The summed E-state index contributed by atoms with van der Waals surface area (Å²) in [6, 6.07) is 0. The second-order valence-corrected chi connectivity index (χ2v) is 3.93. The van der Waals surface area contributed by atoms with E-state index in [0.29, 0.717) is 10.6 Å². The Morgan fingerprint density at radius 3 is 2.53 bits per heavy atom. The molecule has 1 aromatic rings. The number of carbonyl (C=O) groups is 2. The Morgan fingerprint density at radius 1 is 1.47 bits per heavy atom. The number of hydrogen-bond donors (Lipinski definition) is 2. The minimum Gasteiger partial charge on any atom is -0.462 e. The van der Waals surface area contributed by atoms with Gasteiger partial charge < -0.3 is 16.2 Å². The van der Waals surface area contributed by atoms with E-state index in [1.54, 1.807) is 13.8 Å².